The van der Waals surface area contributed by atoms with Crippen LogP contribution in [0.5, 0.6) is 0 Å². The molecule has 0 bridgehead atoms. The Hall–Kier alpha value is -1.34. The largest absolute Gasteiger partial charge is 0.480 e. The number of ether oxygens (including phenoxy) is 1. The number of carbonyl (C=O) groups is 2. The summed E-state index contributed by atoms with van der Waals surface area (Å²) in [4.78, 5) is 26.3. The van der Waals surface area contributed by atoms with Crippen LogP contribution in [0, 0.1) is 0 Å². The van der Waals surface area contributed by atoms with Crippen molar-refractivity contribution in [3.8, 4) is 0 Å². The molecular formula is C14H26N2O5. The molecule has 7 nitrogen and oxygen atoms in total. The van der Waals surface area contributed by atoms with Gasteiger partial charge in [0.05, 0.1) is 12.7 Å². The Balaban J connectivity index is 2.39. The number of amides is 2. The molecule has 1 rings (SSSR count). The van der Waals surface area contributed by atoms with E-state index in [9.17, 15) is 9.59 Å². The maximum absolute atomic E-state index is 12.4. The smallest absolute Gasteiger partial charge is 0.329 e. The van der Waals surface area contributed by atoms with Crippen LogP contribution >= 0.6 is 0 Å². The molecule has 2 amide bonds. The molecule has 0 spiro atoms. The van der Waals surface area contributed by atoms with Gasteiger partial charge in [0.25, 0.3) is 0 Å². The molecule has 0 radical (unpaired) electrons. The fourth-order valence-electron chi connectivity index (χ4n) is 2.38. The molecule has 7 heteroatoms. The quantitative estimate of drug-likeness (QED) is 0.691. The first kappa shape index (κ1) is 17.7. The summed E-state index contributed by atoms with van der Waals surface area (Å²) in [6, 6.07) is -0.0471. The number of carboxylic acid groups (broad SMARTS) is 1. The third-order valence-corrected chi connectivity index (χ3v) is 3.58. The summed E-state index contributed by atoms with van der Waals surface area (Å²) in [6.07, 6.45) is 3.14. The summed E-state index contributed by atoms with van der Waals surface area (Å²) in [5.41, 5.74) is 0. The summed E-state index contributed by atoms with van der Waals surface area (Å²) in [6.45, 7) is 3.89. The molecule has 0 aromatic carbocycles. The number of likely N-dealkylation sites (tertiary alicyclic amines) is 1. The summed E-state index contributed by atoms with van der Waals surface area (Å²) < 4.78 is 5.25. The van der Waals surface area contributed by atoms with Crippen molar-refractivity contribution in [3.05, 3.63) is 0 Å². The molecule has 0 aromatic rings. The SMILES string of the molecule is CCCCN(CCO)C(=O)N1CCC(OCC(=O)O)CC1. The summed E-state index contributed by atoms with van der Waals surface area (Å²) in [5, 5.41) is 17.6. The molecule has 1 heterocycles. The van der Waals surface area contributed by atoms with Crippen LogP contribution in [0.25, 0.3) is 0 Å². The van der Waals surface area contributed by atoms with Crippen LogP contribution in [0.1, 0.15) is 32.6 Å². The zero-order valence-electron chi connectivity index (χ0n) is 12.7. The number of nitrogens with zero attached hydrogens (tertiary/aromatic N) is 2. The summed E-state index contributed by atoms with van der Waals surface area (Å²) in [5.74, 6) is -0.970. The van der Waals surface area contributed by atoms with Gasteiger partial charge in [0.15, 0.2) is 0 Å². The lowest BCUT2D eigenvalue weighted by atomic mass is 10.1. The van der Waals surface area contributed by atoms with Gasteiger partial charge < -0.3 is 24.7 Å². The number of unbranched alkanes of at least 4 members (excludes halogenated alkanes) is 1. The van der Waals surface area contributed by atoms with Crippen LogP contribution in [0.3, 0.4) is 0 Å². The fraction of sp³-hybridized carbons (Fsp3) is 0.857. The highest BCUT2D eigenvalue weighted by molar-refractivity contribution is 5.74. The maximum Gasteiger partial charge on any atom is 0.329 e. The highest BCUT2D eigenvalue weighted by atomic mass is 16.5. The number of aliphatic hydroxyl groups excluding tert-OH is 1. The van der Waals surface area contributed by atoms with Crippen LogP contribution < -0.4 is 0 Å². The molecule has 1 fully saturated rings. The van der Waals surface area contributed by atoms with Crippen molar-refractivity contribution >= 4 is 12.0 Å². The van der Waals surface area contributed by atoms with E-state index in [2.05, 4.69) is 6.92 Å². The van der Waals surface area contributed by atoms with Gasteiger partial charge in [0.1, 0.15) is 6.61 Å². The third-order valence-electron chi connectivity index (χ3n) is 3.58. The molecule has 1 aliphatic heterocycles. The average Bonchev–Trinajstić information content (AvgIpc) is 2.49. The monoisotopic (exact) mass is 302 g/mol. The standard InChI is InChI=1S/C14H26N2O5/c1-2-3-6-15(9-10-17)14(20)16-7-4-12(5-8-16)21-11-13(18)19/h12,17H,2-11H2,1H3,(H,18,19). The normalized spacial score (nSPS) is 16.0. The summed E-state index contributed by atoms with van der Waals surface area (Å²) in [7, 11) is 0. The number of carboxylic acids is 1. The fourth-order valence-corrected chi connectivity index (χ4v) is 2.38. The van der Waals surface area contributed by atoms with E-state index in [0.717, 1.165) is 12.8 Å². The van der Waals surface area contributed by atoms with E-state index in [4.69, 9.17) is 14.9 Å². The number of aliphatic hydroxyl groups is 1. The molecule has 2 N–H and O–H groups in total. The van der Waals surface area contributed by atoms with E-state index in [0.29, 0.717) is 39.0 Å². The second kappa shape index (κ2) is 9.57. The number of rotatable bonds is 8. The van der Waals surface area contributed by atoms with Gasteiger partial charge in [-0.3, -0.25) is 0 Å². The lowest BCUT2D eigenvalue weighted by Gasteiger charge is -2.35. The first-order valence-electron chi connectivity index (χ1n) is 7.56. The van der Waals surface area contributed by atoms with E-state index in [1.165, 1.54) is 0 Å². The molecule has 1 aliphatic rings. The minimum absolute atomic E-state index is 0.0341. The molecule has 0 saturated carbocycles. The Bertz CT molecular complexity index is 329. The van der Waals surface area contributed by atoms with Gasteiger partial charge in [0, 0.05) is 26.2 Å². The minimum Gasteiger partial charge on any atom is -0.480 e. The van der Waals surface area contributed by atoms with E-state index in [1.54, 1.807) is 9.80 Å². The van der Waals surface area contributed by atoms with Crippen LogP contribution in [0.15, 0.2) is 0 Å². The van der Waals surface area contributed by atoms with Gasteiger partial charge in [-0.05, 0) is 19.3 Å². The highest BCUT2D eigenvalue weighted by Crippen LogP contribution is 2.15. The second-order valence-corrected chi connectivity index (χ2v) is 5.24. The maximum atomic E-state index is 12.4. The Morgan fingerprint density at radius 2 is 1.95 bits per heavy atom. The first-order valence-corrected chi connectivity index (χ1v) is 7.56. The van der Waals surface area contributed by atoms with Gasteiger partial charge >= 0.3 is 12.0 Å². The Morgan fingerprint density at radius 1 is 1.29 bits per heavy atom. The molecule has 1 saturated heterocycles. The van der Waals surface area contributed by atoms with Crippen LogP contribution in [-0.2, 0) is 9.53 Å². The highest BCUT2D eigenvalue weighted by Gasteiger charge is 2.26. The number of urea groups is 1. The Morgan fingerprint density at radius 3 is 2.48 bits per heavy atom. The number of hydrogen-bond acceptors (Lipinski definition) is 4. The molecule has 122 valence electrons. The van der Waals surface area contributed by atoms with Crippen molar-refractivity contribution in [2.24, 2.45) is 0 Å². The van der Waals surface area contributed by atoms with Gasteiger partial charge in [0.2, 0.25) is 0 Å². The number of piperidine rings is 1. The molecule has 0 unspecified atom stereocenters. The van der Waals surface area contributed by atoms with Crippen molar-refractivity contribution in [2.75, 3.05) is 39.4 Å². The van der Waals surface area contributed by atoms with E-state index in [-0.39, 0.29) is 25.3 Å². The lowest BCUT2D eigenvalue weighted by molar-refractivity contribution is -0.145. The van der Waals surface area contributed by atoms with Gasteiger partial charge in [-0.15, -0.1) is 0 Å². The lowest BCUT2D eigenvalue weighted by Crippen LogP contribution is -2.49. The molecule has 0 aromatic heterocycles. The number of hydrogen-bond donors (Lipinski definition) is 2. The Kier molecular flexibility index (Phi) is 8.07. The van der Waals surface area contributed by atoms with Gasteiger partial charge in [-0.25, -0.2) is 9.59 Å². The van der Waals surface area contributed by atoms with Crippen LogP contribution in [-0.4, -0.2) is 77.5 Å². The predicted octanol–water partition coefficient (Wildman–Crippen LogP) is 0.766. The van der Waals surface area contributed by atoms with E-state index >= 15 is 0 Å². The number of aliphatic carboxylic acids is 1. The first-order chi connectivity index (χ1) is 10.1. The van der Waals surface area contributed by atoms with Crippen LogP contribution in [0.2, 0.25) is 0 Å². The minimum atomic E-state index is -0.970. The molecule has 0 aliphatic carbocycles. The topological polar surface area (TPSA) is 90.3 Å². The van der Waals surface area contributed by atoms with Crippen molar-refractivity contribution in [1.82, 2.24) is 9.80 Å². The van der Waals surface area contributed by atoms with Crippen molar-refractivity contribution in [1.29, 1.82) is 0 Å². The van der Waals surface area contributed by atoms with E-state index < -0.39 is 5.97 Å². The zero-order valence-corrected chi connectivity index (χ0v) is 12.7. The second-order valence-electron chi connectivity index (χ2n) is 5.24. The molecule has 21 heavy (non-hydrogen) atoms. The average molecular weight is 302 g/mol. The third kappa shape index (κ3) is 6.31. The summed E-state index contributed by atoms with van der Waals surface area (Å²) >= 11 is 0. The van der Waals surface area contributed by atoms with Crippen molar-refractivity contribution < 1.29 is 24.5 Å². The zero-order chi connectivity index (χ0) is 15.7. The van der Waals surface area contributed by atoms with Gasteiger partial charge in [-0.2, -0.15) is 0 Å². The van der Waals surface area contributed by atoms with E-state index in [1.807, 2.05) is 0 Å². The van der Waals surface area contributed by atoms with Crippen molar-refractivity contribution in [2.45, 2.75) is 38.7 Å². The predicted molar refractivity (Wildman–Crippen MR) is 77.1 cm³/mol. The van der Waals surface area contributed by atoms with Crippen LogP contribution in [0.4, 0.5) is 4.79 Å². The molecular weight excluding hydrogens is 276 g/mol. The van der Waals surface area contributed by atoms with Gasteiger partial charge in [-0.1, -0.05) is 13.3 Å². The molecule has 0 atom stereocenters. The Labute approximate surface area is 125 Å². The number of carbonyl (C=O) groups excluding carboxylic acids is 1. The van der Waals surface area contributed by atoms with Crippen molar-refractivity contribution in [3.63, 3.8) is 0 Å².